The maximum absolute atomic E-state index is 6.16. The van der Waals surface area contributed by atoms with E-state index >= 15 is 0 Å². The van der Waals surface area contributed by atoms with Crippen molar-refractivity contribution in [1.29, 1.82) is 0 Å². The highest BCUT2D eigenvalue weighted by atomic mass is 35.5. The van der Waals surface area contributed by atoms with E-state index in [1.54, 1.807) is 0 Å². The highest BCUT2D eigenvalue weighted by Crippen LogP contribution is 2.26. The van der Waals surface area contributed by atoms with Crippen LogP contribution in [0.3, 0.4) is 0 Å². The smallest absolute Gasteiger partial charge is 0.0750 e. The number of hydrogen-bond donors (Lipinski definition) is 1. The SMILES string of the molecule is CC(C)NCc1ccc(Cl)cc1N(C)CC1CCCO1. The van der Waals surface area contributed by atoms with Gasteiger partial charge in [0.2, 0.25) is 0 Å². The summed E-state index contributed by atoms with van der Waals surface area (Å²) in [6, 6.07) is 6.59. The average molecular weight is 297 g/mol. The molecule has 0 amide bonds. The Kier molecular flexibility index (Phi) is 5.70. The Morgan fingerprint density at radius 2 is 2.25 bits per heavy atom. The molecule has 112 valence electrons. The fraction of sp³-hybridized carbons (Fsp3) is 0.625. The summed E-state index contributed by atoms with van der Waals surface area (Å²) in [5.41, 5.74) is 2.48. The van der Waals surface area contributed by atoms with Crippen LogP contribution in [0.15, 0.2) is 18.2 Å². The standard InChI is InChI=1S/C16H25ClN2O/c1-12(2)18-10-13-6-7-14(17)9-16(13)19(3)11-15-5-4-8-20-15/h6-7,9,12,15,18H,4-5,8,10-11H2,1-3H3. The van der Waals surface area contributed by atoms with Crippen LogP contribution in [0.4, 0.5) is 5.69 Å². The number of anilines is 1. The van der Waals surface area contributed by atoms with Gasteiger partial charge in [0.05, 0.1) is 6.10 Å². The first-order valence-electron chi connectivity index (χ1n) is 7.41. The van der Waals surface area contributed by atoms with Crippen LogP contribution in [0, 0.1) is 0 Å². The van der Waals surface area contributed by atoms with Gasteiger partial charge in [-0.15, -0.1) is 0 Å². The quantitative estimate of drug-likeness (QED) is 0.870. The lowest BCUT2D eigenvalue weighted by atomic mass is 10.1. The molecule has 20 heavy (non-hydrogen) atoms. The third-order valence-electron chi connectivity index (χ3n) is 3.66. The number of nitrogens with one attached hydrogen (secondary N) is 1. The number of nitrogens with zero attached hydrogens (tertiary/aromatic N) is 1. The largest absolute Gasteiger partial charge is 0.376 e. The second-order valence-corrected chi connectivity index (χ2v) is 6.26. The molecule has 2 rings (SSSR count). The highest BCUT2D eigenvalue weighted by molar-refractivity contribution is 6.30. The molecular weight excluding hydrogens is 272 g/mol. The molecule has 0 aliphatic carbocycles. The first-order chi connectivity index (χ1) is 9.56. The molecule has 1 heterocycles. The molecule has 4 heteroatoms. The Morgan fingerprint density at radius 1 is 1.45 bits per heavy atom. The van der Waals surface area contributed by atoms with E-state index in [9.17, 15) is 0 Å². The van der Waals surface area contributed by atoms with Crippen molar-refractivity contribution in [3.63, 3.8) is 0 Å². The van der Waals surface area contributed by atoms with Gasteiger partial charge in [0, 0.05) is 43.5 Å². The maximum Gasteiger partial charge on any atom is 0.0750 e. The summed E-state index contributed by atoms with van der Waals surface area (Å²) in [7, 11) is 2.12. The minimum absolute atomic E-state index is 0.352. The lowest BCUT2D eigenvalue weighted by Crippen LogP contribution is -2.30. The van der Waals surface area contributed by atoms with Gasteiger partial charge >= 0.3 is 0 Å². The van der Waals surface area contributed by atoms with Crippen molar-refractivity contribution in [2.24, 2.45) is 0 Å². The fourth-order valence-electron chi connectivity index (χ4n) is 2.55. The van der Waals surface area contributed by atoms with Gasteiger partial charge in [-0.2, -0.15) is 0 Å². The van der Waals surface area contributed by atoms with Gasteiger partial charge in [0.15, 0.2) is 0 Å². The van der Waals surface area contributed by atoms with Crippen molar-refractivity contribution >= 4 is 17.3 Å². The Labute approximate surface area is 127 Å². The molecule has 1 atom stereocenters. The molecule has 0 saturated carbocycles. The fourth-order valence-corrected chi connectivity index (χ4v) is 2.71. The molecule has 1 aromatic rings. The van der Waals surface area contributed by atoms with Crippen LogP contribution in [0.2, 0.25) is 5.02 Å². The van der Waals surface area contributed by atoms with Crippen molar-refractivity contribution in [3.8, 4) is 0 Å². The first kappa shape index (κ1) is 15.6. The van der Waals surface area contributed by atoms with E-state index in [1.165, 1.54) is 17.7 Å². The topological polar surface area (TPSA) is 24.5 Å². The third kappa shape index (κ3) is 4.37. The van der Waals surface area contributed by atoms with Gasteiger partial charge in [0.1, 0.15) is 0 Å². The normalized spacial score (nSPS) is 18.8. The van der Waals surface area contributed by atoms with Crippen LogP contribution in [0.5, 0.6) is 0 Å². The van der Waals surface area contributed by atoms with Gasteiger partial charge in [-0.1, -0.05) is 31.5 Å². The summed E-state index contributed by atoms with van der Waals surface area (Å²) in [5, 5.41) is 4.25. The number of halogens is 1. The predicted octanol–water partition coefficient (Wildman–Crippen LogP) is 3.45. The summed E-state index contributed by atoms with van der Waals surface area (Å²) in [5.74, 6) is 0. The Morgan fingerprint density at radius 3 is 2.90 bits per heavy atom. The summed E-state index contributed by atoms with van der Waals surface area (Å²) in [4.78, 5) is 2.26. The molecule has 0 bridgehead atoms. The van der Waals surface area contributed by atoms with Crippen LogP contribution in [-0.4, -0.2) is 32.3 Å². The van der Waals surface area contributed by atoms with Gasteiger partial charge in [-0.3, -0.25) is 0 Å². The van der Waals surface area contributed by atoms with Crippen LogP contribution in [0.1, 0.15) is 32.3 Å². The minimum atomic E-state index is 0.352. The Hall–Kier alpha value is -0.770. The zero-order chi connectivity index (χ0) is 14.5. The van der Waals surface area contributed by atoms with Crippen LogP contribution >= 0.6 is 11.6 Å². The molecule has 1 aliphatic heterocycles. The van der Waals surface area contributed by atoms with Gasteiger partial charge in [-0.05, 0) is 30.5 Å². The van der Waals surface area contributed by atoms with Crippen LogP contribution in [-0.2, 0) is 11.3 Å². The molecule has 1 fully saturated rings. The van der Waals surface area contributed by atoms with Crippen molar-refractivity contribution in [3.05, 3.63) is 28.8 Å². The van der Waals surface area contributed by atoms with Gasteiger partial charge in [-0.25, -0.2) is 0 Å². The molecule has 0 radical (unpaired) electrons. The summed E-state index contributed by atoms with van der Waals surface area (Å²) in [6.07, 6.45) is 2.69. The number of likely N-dealkylation sites (N-methyl/N-ethyl adjacent to an activating group) is 1. The maximum atomic E-state index is 6.16. The molecule has 1 unspecified atom stereocenters. The molecule has 0 spiro atoms. The van der Waals surface area contributed by atoms with Gasteiger partial charge in [0.25, 0.3) is 0 Å². The highest BCUT2D eigenvalue weighted by Gasteiger charge is 2.19. The van der Waals surface area contributed by atoms with Crippen molar-refractivity contribution in [1.82, 2.24) is 5.32 Å². The van der Waals surface area contributed by atoms with E-state index in [1.807, 2.05) is 12.1 Å². The lowest BCUT2D eigenvalue weighted by Gasteiger charge is -2.26. The van der Waals surface area contributed by atoms with E-state index < -0.39 is 0 Å². The van der Waals surface area contributed by atoms with E-state index in [2.05, 4.69) is 37.2 Å². The number of hydrogen-bond acceptors (Lipinski definition) is 3. The zero-order valence-corrected chi connectivity index (χ0v) is 13.4. The second-order valence-electron chi connectivity index (χ2n) is 5.82. The van der Waals surface area contributed by atoms with E-state index in [4.69, 9.17) is 16.3 Å². The van der Waals surface area contributed by atoms with Gasteiger partial charge < -0.3 is 15.0 Å². The first-order valence-corrected chi connectivity index (χ1v) is 7.78. The molecule has 1 aliphatic rings. The minimum Gasteiger partial charge on any atom is -0.376 e. The number of benzene rings is 1. The monoisotopic (exact) mass is 296 g/mol. The summed E-state index contributed by atoms with van der Waals surface area (Å²) < 4.78 is 5.72. The van der Waals surface area contributed by atoms with E-state index in [0.717, 1.165) is 31.1 Å². The Balaban J connectivity index is 2.08. The third-order valence-corrected chi connectivity index (χ3v) is 3.90. The summed E-state index contributed by atoms with van der Waals surface area (Å²) >= 11 is 6.16. The summed E-state index contributed by atoms with van der Waals surface area (Å²) in [6.45, 7) is 7.00. The second kappa shape index (κ2) is 7.30. The number of rotatable bonds is 6. The molecule has 0 aromatic heterocycles. The van der Waals surface area contributed by atoms with E-state index in [-0.39, 0.29) is 0 Å². The Bertz CT molecular complexity index is 430. The van der Waals surface area contributed by atoms with Crippen molar-refractivity contribution in [2.75, 3.05) is 25.1 Å². The van der Waals surface area contributed by atoms with Crippen LogP contribution in [0.25, 0.3) is 0 Å². The zero-order valence-electron chi connectivity index (χ0n) is 12.7. The molecule has 1 N–H and O–H groups in total. The predicted molar refractivity (Wildman–Crippen MR) is 85.7 cm³/mol. The van der Waals surface area contributed by atoms with E-state index in [0.29, 0.717) is 12.1 Å². The average Bonchev–Trinajstić information content (AvgIpc) is 2.89. The van der Waals surface area contributed by atoms with Crippen molar-refractivity contribution < 1.29 is 4.74 Å². The van der Waals surface area contributed by atoms with Crippen LogP contribution < -0.4 is 10.2 Å². The lowest BCUT2D eigenvalue weighted by molar-refractivity contribution is 0.116. The molecule has 1 aromatic carbocycles. The molecule has 1 saturated heterocycles. The number of ether oxygens (including phenoxy) is 1. The molecular formula is C16H25ClN2O. The molecule has 3 nitrogen and oxygen atoms in total. The van der Waals surface area contributed by atoms with Crippen molar-refractivity contribution in [2.45, 2.75) is 45.4 Å².